The van der Waals surface area contributed by atoms with E-state index in [1.54, 1.807) is 30.4 Å². The van der Waals surface area contributed by atoms with Crippen molar-refractivity contribution in [3.63, 3.8) is 0 Å². The lowest BCUT2D eigenvalue weighted by molar-refractivity contribution is 0.616. The summed E-state index contributed by atoms with van der Waals surface area (Å²) in [6.45, 7) is 9.88. The second-order valence-electron chi connectivity index (χ2n) is 5.70. The van der Waals surface area contributed by atoms with Crippen LogP contribution >= 0.6 is 35.3 Å². The molecule has 0 saturated heterocycles. The average molecular weight is 476 g/mol. The summed E-state index contributed by atoms with van der Waals surface area (Å²) in [5.41, 5.74) is 2.63. The number of guanidine groups is 1. The molecule has 0 aliphatic carbocycles. The Morgan fingerprint density at radius 1 is 1.24 bits per heavy atom. The lowest BCUT2D eigenvalue weighted by atomic mass is 10.1. The first-order valence-corrected chi connectivity index (χ1v) is 9.01. The molecule has 0 bridgehead atoms. The highest BCUT2D eigenvalue weighted by atomic mass is 127. The van der Waals surface area contributed by atoms with Gasteiger partial charge in [0.15, 0.2) is 5.96 Å². The van der Waals surface area contributed by atoms with Crippen LogP contribution in [0, 0.1) is 26.6 Å². The molecule has 2 aromatic rings. The third kappa shape index (κ3) is 6.89. The summed E-state index contributed by atoms with van der Waals surface area (Å²) in [6.07, 6.45) is 0.918. The summed E-state index contributed by atoms with van der Waals surface area (Å²) >= 11 is 1.74. The minimum absolute atomic E-state index is 0. The van der Waals surface area contributed by atoms with Crippen LogP contribution in [0.5, 0.6) is 0 Å². The third-order valence-corrected chi connectivity index (χ3v) is 4.78. The molecule has 1 aromatic heterocycles. The summed E-state index contributed by atoms with van der Waals surface area (Å²) in [4.78, 5) is 10.3. The van der Waals surface area contributed by atoms with Gasteiger partial charge in [0.25, 0.3) is 0 Å². The van der Waals surface area contributed by atoms with Gasteiger partial charge in [-0.1, -0.05) is 12.1 Å². The molecule has 0 amide bonds. The van der Waals surface area contributed by atoms with Crippen molar-refractivity contribution in [2.75, 3.05) is 13.1 Å². The van der Waals surface area contributed by atoms with Crippen LogP contribution in [-0.4, -0.2) is 24.0 Å². The Kier molecular flexibility index (Phi) is 9.34. The normalized spacial score (nSPS) is 11.2. The Bertz CT molecular complexity index is 715. The first-order valence-electron chi connectivity index (χ1n) is 8.19. The Morgan fingerprint density at radius 3 is 2.60 bits per heavy atom. The number of thiazole rings is 1. The fourth-order valence-electron chi connectivity index (χ4n) is 2.35. The fourth-order valence-corrected chi connectivity index (χ4v) is 3.28. The predicted octanol–water partition coefficient (Wildman–Crippen LogP) is 4.12. The number of rotatable bonds is 6. The van der Waals surface area contributed by atoms with Gasteiger partial charge < -0.3 is 10.6 Å². The van der Waals surface area contributed by atoms with Crippen LogP contribution in [-0.2, 0) is 13.0 Å². The highest BCUT2D eigenvalue weighted by molar-refractivity contribution is 14.0. The molecule has 0 atom stereocenters. The topological polar surface area (TPSA) is 49.3 Å². The van der Waals surface area contributed by atoms with E-state index >= 15 is 0 Å². The molecular weight excluding hydrogens is 450 g/mol. The molecule has 1 heterocycles. The van der Waals surface area contributed by atoms with Crippen molar-refractivity contribution in [3.8, 4) is 0 Å². The van der Waals surface area contributed by atoms with E-state index in [2.05, 4.69) is 20.6 Å². The molecule has 0 spiro atoms. The Balaban J connectivity index is 0.00000312. The summed E-state index contributed by atoms with van der Waals surface area (Å²) in [5.74, 6) is 0.564. The van der Waals surface area contributed by atoms with Gasteiger partial charge in [0.2, 0.25) is 0 Å². The number of aryl methyl sites for hydroxylation is 3. The Labute approximate surface area is 170 Å². The largest absolute Gasteiger partial charge is 0.357 e. The highest BCUT2D eigenvalue weighted by Gasteiger charge is 2.05. The minimum Gasteiger partial charge on any atom is -0.357 e. The molecule has 2 rings (SSSR count). The monoisotopic (exact) mass is 476 g/mol. The standard InChI is InChI=1S/C18H25FN4S.HI/c1-5-20-18(21-9-8-17-13(3)23-14(4)24-17)22-11-15-7-6-12(2)16(19)10-15;/h6-7,10H,5,8-9,11H2,1-4H3,(H2,20,21,22);1H. The van der Waals surface area contributed by atoms with Crippen molar-refractivity contribution < 1.29 is 4.39 Å². The van der Waals surface area contributed by atoms with Crippen molar-refractivity contribution in [2.24, 2.45) is 4.99 Å². The molecule has 0 aliphatic heterocycles. The molecule has 25 heavy (non-hydrogen) atoms. The van der Waals surface area contributed by atoms with Gasteiger partial charge in [-0.15, -0.1) is 35.3 Å². The molecule has 2 N–H and O–H groups in total. The van der Waals surface area contributed by atoms with Gasteiger partial charge in [-0.3, -0.25) is 0 Å². The van der Waals surface area contributed by atoms with Gasteiger partial charge in [0, 0.05) is 24.4 Å². The summed E-state index contributed by atoms with van der Waals surface area (Å²) < 4.78 is 13.6. The number of nitrogens with one attached hydrogen (secondary N) is 2. The van der Waals surface area contributed by atoms with Crippen molar-refractivity contribution >= 4 is 41.3 Å². The van der Waals surface area contributed by atoms with Gasteiger partial charge in [-0.25, -0.2) is 14.4 Å². The Hall–Kier alpha value is -1.22. The zero-order chi connectivity index (χ0) is 17.5. The van der Waals surface area contributed by atoms with Gasteiger partial charge in [0.1, 0.15) is 5.82 Å². The number of nitrogens with zero attached hydrogens (tertiary/aromatic N) is 2. The SMILES string of the molecule is CCNC(=NCc1ccc(C)c(F)c1)NCCc1sc(C)nc1C.I. The second-order valence-corrected chi connectivity index (χ2v) is 6.98. The number of halogens is 2. The molecule has 0 radical (unpaired) electrons. The summed E-state index contributed by atoms with van der Waals surface area (Å²) in [7, 11) is 0. The van der Waals surface area contributed by atoms with E-state index in [0.29, 0.717) is 12.1 Å². The Morgan fingerprint density at radius 2 is 2.00 bits per heavy atom. The quantitative estimate of drug-likeness (QED) is 0.375. The molecule has 0 unspecified atom stereocenters. The maximum Gasteiger partial charge on any atom is 0.191 e. The molecule has 1 aromatic carbocycles. The summed E-state index contributed by atoms with van der Waals surface area (Å²) in [5, 5.41) is 7.65. The van der Waals surface area contributed by atoms with Gasteiger partial charge >= 0.3 is 0 Å². The smallest absolute Gasteiger partial charge is 0.191 e. The first-order chi connectivity index (χ1) is 11.5. The molecule has 138 valence electrons. The zero-order valence-corrected chi connectivity index (χ0v) is 18.3. The van der Waals surface area contributed by atoms with Gasteiger partial charge in [0.05, 0.1) is 17.2 Å². The van der Waals surface area contributed by atoms with E-state index in [9.17, 15) is 4.39 Å². The number of hydrogen-bond donors (Lipinski definition) is 2. The van der Waals surface area contributed by atoms with Crippen LogP contribution < -0.4 is 10.6 Å². The molecule has 7 heteroatoms. The van der Waals surface area contributed by atoms with E-state index < -0.39 is 0 Å². The number of hydrogen-bond acceptors (Lipinski definition) is 3. The highest BCUT2D eigenvalue weighted by Crippen LogP contribution is 2.17. The number of benzene rings is 1. The van der Waals surface area contributed by atoms with Crippen molar-refractivity contribution in [1.29, 1.82) is 0 Å². The van der Waals surface area contributed by atoms with Gasteiger partial charge in [-0.05, 0) is 44.9 Å². The van der Waals surface area contributed by atoms with E-state index in [1.165, 1.54) is 4.88 Å². The van der Waals surface area contributed by atoms with Crippen molar-refractivity contribution in [1.82, 2.24) is 15.6 Å². The van der Waals surface area contributed by atoms with Crippen LogP contribution in [0.1, 0.15) is 33.6 Å². The van der Waals surface area contributed by atoms with Gasteiger partial charge in [-0.2, -0.15) is 0 Å². The number of aliphatic imine (C=N–C) groups is 1. The van der Waals surface area contributed by atoms with Crippen molar-refractivity contribution in [3.05, 3.63) is 50.7 Å². The maximum atomic E-state index is 13.6. The zero-order valence-electron chi connectivity index (χ0n) is 15.1. The van der Waals surface area contributed by atoms with E-state index in [-0.39, 0.29) is 29.8 Å². The van der Waals surface area contributed by atoms with E-state index in [4.69, 9.17) is 0 Å². The second kappa shape index (κ2) is 10.7. The average Bonchev–Trinajstić information content (AvgIpc) is 2.86. The molecule has 0 aliphatic rings. The third-order valence-electron chi connectivity index (χ3n) is 3.64. The van der Waals surface area contributed by atoms with Crippen LogP contribution in [0.25, 0.3) is 0 Å². The number of aromatic nitrogens is 1. The van der Waals surface area contributed by atoms with Crippen LogP contribution in [0.4, 0.5) is 4.39 Å². The lowest BCUT2D eigenvalue weighted by Gasteiger charge is -2.11. The predicted molar refractivity (Wildman–Crippen MR) is 115 cm³/mol. The molecule has 4 nitrogen and oxygen atoms in total. The molecule has 0 saturated carbocycles. The van der Waals surface area contributed by atoms with Crippen molar-refractivity contribution in [2.45, 2.75) is 40.7 Å². The van der Waals surface area contributed by atoms with E-state index in [1.807, 2.05) is 26.8 Å². The lowest BCUT2D eigenvalue weighted by Crippen LogP contribution is -2.38. The van der Waals surface area contributed by atoms with Crippen LogP contribution in [0.15, 0.2) is 23.2 Å². The summed E-state index contributed by atoms with van der Waals surface area (Å²) in [6, 6.07) is 5.25. The van der Waals surface area contributed by atoms with Crippen LogP contribution in [0.2, 0.25) is 0 Å². The first kappa shape index (κ1) is 21.8. The maximum absolute atomic E-state index is 13.6. The minimum atomic E-state index is -0.184. The molecular formula is C18H26FIN4S. The van der Waals surface area contributed by atoms with Crippen LogP contribution in [0.3, 0.4) is 0 Å². The van der Waals surface area contributed by atoms with E-state index in [0.717, 1.165) is 41.7 Å². The molecule has 0 fully saturated rings. The fraction of sp³-hybridized carbons (Fsp3) is 0.444.